The van der Waals surface area contributed by atoms with E-state index in [9.17, 15) is 17.6 Å². The van der Waals surface area contributed by atoms with Crippen molar-refractivity contribution < 1.29 is 17.6 Å². The van der Waals surface area contributed by atoms with Crippen molar-refractivity contribution in [3.8, 4) is 0 Å². The first kappa shape index (κ1) is 16.3. The molecule has 0 radical (unpaired) electrons. The average Bonchev–Trinajstić information content (AvgIpc) is 2.39. The predicted octanol–water partition coefficient (Wildman–Crippen LogP) is 4.76. The molecule has 0 bridgehead atoms. The van der Waals surface area contributed by atoms with Crippen LogP contribution in [0.2, 0.25) is 0 Å². The van der Waals surface area contributed by atoms with E-state index in [1.807, 2.05) is 0 Å². The van der Waals surface area contributed by atoms with Gasteiger partial charge in [0.2, 0.25) is 0 Å². The molecule has 0 amide bonds. The van der Waals surface area contributed by atoms with Crippen LogP contribution in [0.4, 0.5) is 17.6 Å². The van der Waals surface area contributed by atoms with E-state index in [1.54, 1.807) is 0 Å². The largest absolute Gasteiger partial charge is 0.419 e. The van der Waals surface area contributed by atoms with Crippen LogP contribution in [0.15, 0.2) is 18.2 Å². The van der Waals surface area contributed by atoms with E-state index in [-0.39, 0.29) is 0 Å². The highest BCUT2D eigenvalue weighted by Crippen LogP contribution is 2.32. The zero-order chi connectivity index (χ0) is 15.5. The lowest BCUT2D eigenvalue weighted by atomic mass is 9.82. The van der Waals surface area contributed by atoms with Crippen molar-refractivity contribution in [2.75, 3.05) is 6.54 Å². The zero-order valence-corrected chi connectivity index (χ0v) is 12.1. The third-order valence-corrected chi connectivity index (χ3v) is 4.14. The summed E-state index contributed by atoms with van der Waals surface area (Å²) in [5.41, 5.74) is -0.722. The molecule has 1 saturated carbocycles. The maximum absolute atomic E-state index is 13.2. The summed E-state index contributed by atoms with van der Waals surface area (Å²) < 4.78 is 51.1. The fraction of sp³-hybridized carbons (Fsp3) is 0.625. The molecule has 21 heavy (non-hydrogen) atoms. The second-order valence-corrected chi connectivity index (χ2v) is 6.08. The van der Waals surface area contributed by atoms with Gasteiger partial charge in [0.15, 0.2) is 0 Å². The van der Waals surface area contributed by atoms with Crippen LogP contribution >= 0.6 is 0 Å². The van der Waals surface area contributed by atoms with Crippen LogP contribution in [-0.4, -0.2) is 6.54 Å². The van der Waals surface area contributed by atoms with Gasteiger partial charge < -0.3 is 5.32 Å². The highest BCUT2D eigenvalue weighted by molar-refractivity contribution is 5.27. The zero-order valence-electron chi connectivity index (χ0n) is 12.1. The van der Waals surface area contributed by atoms with Crippen LogP contribution in [0.25, 0.3) is 0 Å². The molecule has 1 N–H and O–H groups in total. The average molecular weight is 303 g/mol. The van der Waals surface area contributed by atoms with E-state index in [4.69, 9.17) is 0 Å². The molecular weight excluding hydrogens is 282 g/mol. The number of alkyl halides is 3. The Bertz CT molecular complexity index is 470. The molecule has 2 atom stereocenters. The summed E-state index contributed by atoms with van der Waals surface area (Å²) in [7, 11) is 0. The number of hydrogen-bond acceptors (Lipinski definition) is 1. The summed E-state index contributed by atoms with van der Waals surface area (Å²) in [6.45, 7) is 3.39. The lowest BCUT2D eigenvalue weighted by molar-refractivity contribution is -0.140. The molecule has 0 heterocycles. The molecule has 1 aromatic carbocycles. The Hall–Kier alpha value is -1.10. The molecule has 1 aromatic rings. The van der Waals surface area contributed by atoms with Crippen LogP contribution < -0.4 is 5.32 Å². The lowest BCUT2D eigenvalue weighted by Crippen LogP contribution is -2.26. The minimum atomic E-state index is -4.64. The molecule has 0 spiro atoms. The van der Waals surface area contributed by atoms with Crippen molar-refractivity contribution in [3.05, 3.63) is 35.1 Å². The highest BCUT2D eigenvalue weighted by atomic mass is 19.4. The van der Waals surface area contributed by atoms with E-state index in [2.05, 4.69) is 12.2 Å². The SMILES string of the molecule is CC1CCCC(CNCc2ccc(F)c(C(F)(F)F)c2)C1. The molecule has 1 aliphatic carbocycles. The van der Waals surface area contributed by atoms with E-state index in [1.165, 1.54) is 31.7 Å². The Morgan fingerprint density at radius 3 is 2.67 bits per heavy atom. The summed E-state index contributed by atoms with van der Waals surface area (Å²) in [4.78, 5) is 0. The van der Waals surface area contributed by atoms with Crippen LogP contribution in [0.5, 0.6) is 0 Å². The van der Waals surface area contributed by atoms with E-state index < -0.39 is 17.6 Å². The first-order valence-corrected chi connectivity index (χ1v) is 7.42. The van der Waals surface area contributed by atoms with Crippen LogP contribution in [0, 0.1) is 17.7 Å². The Morgan fingerprint density at radius 1 is 1.24 bits per heavy atom. The Labute approximate surface area is 122 Å². The van der Waals surface area contributed by atoms with Gasteiger partial charge in [-0.3, -0.25) is 0 Å². The molecular formula is C16H21F4N. The van der Waals surface area contributed by atoms with Gasteiger partial charge in [0, 0.05) is 6.54 Å². The van der Waals surface area contributed by atoms with E-state index >= 15 is 0 Å². The lowest BCUT2D eigenvalue weighted by Gasteiger charge is -2.26. The third kappa shape index (κ3) is 4.70. The molecule has 118 valence electrons. The summed E-state index contributed by atoms with van der Waals surface area (Å²) in [6.07, 6.45) is 0.198. The monoisotopic (exact) mass is 303 g/mol. The van der Waals surface area contributed by atoms with Crippen molar-refractivity contribution in [2.24, 2.45) is 11.8 Å². The van der Waals surface area contributed by atoms with Gasteiger partial charge in [-0.1, -0.05) is 25.8 Å². The number of hydrogen-bond donors (Lipinski definition) is 1. The fourth-order valence-electron chi connectivity index (χ4n) is 3.07. The first-order chi connectivity index (χ1) is 9.86. The Morgan fingerprint density at radius 2 is 2.00 bits per heavy atom. The highest BCUT2D eigenvalue weighted by Gasteiger charge is 2.34. The summed E-state index contributed by atoms with van der Waals surface area (Å²) >= 11 is 0. The molecule has 5 heteroatoms. The normalized spacial score (nSPS) is 23.3. The topological polar surface area (TPSA) is 12.0 Å². The molecule has 1 nitrogen and oxygen atoms in total. The minimum absolute atomic E-state index is 0.342. The smallest absolute Gasteiger partial charge is 0.312 e. The quantitative estimate of drug-likeness (QED) is 0.791. The van der Waals surface area contributed by atoms with Gasteiger partial charge in [0.25, 0.3) is 0 Å². The second kappa shape index (κ2) is 6.77. The van der Waals surface area contributed by atoms with Crippen molar-refractivity contribution in [1.82, 2.24) is 5.32 Å². The molecule has 0 aromatic heterocycles. The van der Waals surface area contributed by atoms with Crippen molar-refractivity contribution in [2.45, 2.75) is 45.3 Å². The molecule has 1 aliphatic rings. The maximum Gasteiger partial charge on any atom is 0.419 e. The van der Waals surface area contributed by atoms with E-state index in [0.29, 0.717) is 18.0 Å². The van der Waals surface area contributed by atoms with Crippen LogP contribution in [-0.2, 0) is 12.7 Å². The molecule has 1 fully saturated rings. The number of halogens is 4. The van der Waals surface area contributed by atoms with E-state index in [0.717, 1.165) is 24.6 Å². The first-order valence-electron chi connectivity index (χ1n) is 7.42. The van der Waals surface area contributed by atoms with Gasteiger partial charge >= 0.3 is 6.18 Å². The van der Waals surface area contributed by atoms with Gasteiger partial charge in [0.05, 0.1) is 5.56 Å². The fourth-order valence-corrected chi connectivity index (χ4v) is 3.07. The van der Waals surface area contributed by atoms with Gasteiger partial charge in [-0.05, 0) is 48.9 Å². The Kier molecular flexibility index (Phi) is 5.25. The number of rotatable bonds is 4. The third-order valence-electron chi connectivity index (χ3n) is 4.14. The summed E-state index contributed by atoms with van der Waals surface area (Å²) in [5.74, 6) is 0.108. The van der Waals surface area contributed by atoms with Gasteiger partial charge in [0.1, 0.15) is 5.82 Å². The van der Waals surface area contributed by atoms with Gasteiger partial charge in [-0.15, -0.1) is 0 Å². The number of benzene rings is 1. The molecule has 2 rings (SSSR count). The number of nitrogens with one attached hydrogen (secondary N) is 1. The molecule has 2 unspecified atom stereocenters. The maximum atomic E-state index is 13.2. The Balaban J connectivity index is 1.89. The summed E-state index contributed by atoms with van der Waals surface area (Å²) in [6, 6.07) is 3.19. The van der Waals surface area contributed by atoms with Crippen molar-refractivity contribution >= 4 is 0 Å². The van der Waals surface area contributed by atoms with Gasteiger partial charge in [-0.25, -0.2) is 4.39 Å². The molecule has 0 aliphatic heterocycles. The summed E-state index contributed by atoms with van der Waals surface area (Å²) in [5, 5.41) is 3.20. The minimum Gasteiger partial charge on any atom is -0.312 e. The van der Waals surface area contributed by atoms with Crippen molar-refractivity contribution in [3.63, 3.8) is 0 Å². The van der Waals surface area contributed by atoms with Crippen LogP contribution in [0.3, 0.4) is 0 Å². The predicted molar refractivity (Wildman–Crippen MR) is 74.2 cm³/mol. The second-order valence-electron chi connectivity index (χ2n) is 6.08. The van der Waals surface area contributed by atoms with Crippen molar-refractivity contribution in [1.29, 1.82) is 0 Å². The standard InChI is InChI=1S/C16H21F4N/c1-11-3-2-4-12(7-11)9-21-10-13-5-6-15(17)14(8-13)16(18,19)20/h5-6,8,11-12,21H,2-4,7,9-10H2,1H3. The van der Waals surface area contributed by atoms with Crippen LogP contribution in [0.1, 0.15) is 43.7 Å². The molecule has 0 saturated heterocycles. The van der Waals surface area contributed by atoms with Gasteiger partial charge in [-0.2, -0.15) is 13.2 Å².